The van der Waals surface area contributed by atoms with Gasteiger partial charge in [-0.05, 0) is 37.7 Å². The lowest BCUT2D eigenvalue weighted by atomic mass is 10.1. The maximum atomic E-state index is 14.4. The number of hydrogen-bond acceptors (Lipinski definition) is 7. The molecule has 1 amide bonds. The Morgan fingerprint density at radius 3 is 2.70 bits per heavy atom. The van der Waals surface area contributed by atoms with E-state index in [2.05, 4.69) is 15.3 Å². The van der Waals surface area contributed by atoms with Gasteiger partial charge in [-0.3, -0.25) is 9.69 Å². The van der Waals surface area contributed by atoms with E-state index in [0.29, 0.717) is 46.9 Å². The molecule has 1 fully saturated rings. The number of carbonyl (C=O) groups excluding carboxylic acids is 1. The Balaban J connectivity index is 1.65. The highest BCUT2D eigenvalue weighted by molar-refractivity contribution is 5.93. The van der Waals surface area contributed by atoms with Crippen LogP contribution in [0.3, 0.4) is 0 Å². The van der Waals surface area contributed by atoms with Gasteiger partial charge in [-0.15, -0.1) is 0 Å². The zero-order chi connectivity index (χ0) is 23.7. The van der Waals surface area contributed by atoms with E-state index in [1.807, 2.05) is 24.9 Å². The van der Waals surface area contributed by atoms with Crippen LogP contribution in [0.5, 0.6) is 11.5 Å². The van der Waals surface area contributed by atoms with Crippen LogP contribution in [0.4, 0.5) is 15.9 Å². The monoisotopic (exact) mass is 453 g/mol. The first-order chi connectivity index (χ1) is 15.8. The van der Waals surface area contributed by atoms with E-state index in [9.17, 15) is 9.18 Å². The highest BCUT2D eigenvalue weighted by atomic mass is 19.1. The molecule has 9 heteroatoms. The molecular formula is C24H28FN5O3. The van der Waals surface area contributed by atoms with E-state index < -0.39 is 0 Å². The van der Waals surface area contributed by atoms with Crippen molar-refractivity contribution in [2.24, 2.45) is 0 Å². The lowest BCUT2D eigenvalue weighted by Crippen LogP contribution is -2.40. The number of amides is 1. The summed E-state index contributed by atoms with van der Waals surface area (Å²) in [6.45, 7) is 2.44. The van der Waals surface area contributed by atoms with Crippen LogP contribution in [0.25, 0.3) is 10.9 Å². The first-order valence-electron chi connectivity index (χ1n) is 10.7. The van der Waals surface area contributed by atoms with Crippen LogP contribution < -0.4 is 14.8 Å². The summed E-state index contributed by atoms with van der Waals surface area (Å²) in [5.74, 6) is 1.19. The molecule has 1 N–H and O–H groups in total. The van der Waals surface area contributed by atoms with Gasteiger partial charge in [-0.1, -0.05) is 6.07 Å². The van der Waals surface area contributed by atoms with Gasteiger partial charge < -0.3 is 19.7 Å². The Morgan fingerprint density at radius 1 is 1.21 bits per heavy atom. The Morgan fingerprint density at radius 2 is 2.00 bits per heavy atom. The fourth-order valence-corrected chi connectivity index (χ4v) is 4.07. The molecule has 174 valence electrons. The number of ether oxygens (including phenoxy) is 2. The lowest BCUT2D eigenvalue weighted by Gasteiger charge is -2.21. The van der Waals surface area contributed by atoms with Crippen molar-refractivity contribution in [3.05, 3.63) is 48.0 Å². The molecule has 33 heavy (non-hydrogen) atoms. The van der Waals surface area contributed by atoms with Gasteiger partial charge in [0.25, 0.3) is 0 Å². The van der Waals surface area contributed by atoms with Crippen molar-refractivity contribution in [2.75, 3.05) is 40.1 Å². The minimum atomic E-state index is -0.364. The van der Waals surface area contributed by atoms with E-state index in [-0.39, 0.29) is 23.9 Å². The summed E-state index contributed by atoms with van der Waals surface area (Å²) in [5, 5.41) is 3.73. The number of methoxy groups -OCH3 is 1. The number of likely N-dealkylation sites (N-methyl/N-ethyl adjacent to an activating group) is 2. The smallest absolute Gasteiger partial charge is 0.239 e. The Hall–Kier alpha value is -3.46. The minimum absolute atomic E-state index is 0.0501. The number of likely N-dealkylation sites (tertiary alicyclic amines) is 1. The lowest BCUT2D eigenvalue weighted by molar-refractivity contribution is -0.133. The third-order valence-electron chi connectivity index (χ3n) is 5.83. The molecule has 1 aliphatic heterocycles. The molecule has 1 saturated heterocycles. The van der Waals surface area contributed by atoms with Crippen LogP contribution in [0.1, 0.15) is 12.0 Å². The first kappa shape index (κ1) is 22.7. The van der Waals surface area contributed by atoms with Gasteiger partial charge in [0.2, 0.25) is 5.91 Å². The minimum Gasteiger partial charge on any atom is -0.493 e. The number of fused-ring (bicyclic) bond motifs is 1. The molecule has 0 bridgehead atoms. The summed E-state index contributed by atoms with van der Waals surface area (Å²) in [6.07, 6.45) is 1.80. The Labute approximate surface area is 192 Å². The van der Waals surface area contributed by atoms with Crippen molar-refractivity contribution in [1.29, 1.82) is 0 Å². The molecule has 0 aliphatic carbocycles. The second-order valence-electron chi connectivity index (χ2n) is 8.51. The topological polar surface area (TPSA) is 79.8 Å². The summed E-state index contributed by atoms with van der Waals surface area (Å²) in [4.78, 5) is 24.7. The molecular weight excluding hydrogens is 425 g/mol. The van der Waals surface area contributed by atoms with E-state index in [4.69, 9.17) is 9.47 Å². The SMILES string of the molecule is COc1cc2ncnc(Nc3ccc(C)cc3F)c2cc1O[C@H]1C[C@H](C(=O)N(C)C)N(C)C1. The summed E-state index contributed by atoms with van der Waals surface area (Å²) in [7, 11) is 6.98. The number of aromatic nitrogens is 2. The van der Waals surface area contributed by atoms with Gasteiger partial charge in [0.15, 0.2) is 11.5 Å². The molecule has 2 heterocycles. The van der Waals surface area contributed by atoms with Crippen molar-refractivity contribution in [3.63, 3.8) is 0 Å². The third-order valence-corrected chi connectivity index (χ3v) is 5.83. The number of benzene rings is 2. The van der Waals surface area contributed by atoms with Crippen molar-refractivity contribution in [3.8, 4) is 11.5 Å². The quantitative estimate of drug-likeness (QED) is 0.613. The number of rotatable bonds is 6. The molecule has 2 atom stereocenters. The molecule has 3 aromatic rings. The molecule has 1 aliphatic rings. The average Bonchev–Trinajstić information content (AvgIpc) is 3.14. The molecule has 0 unspecified atom stereocenters. The van der Waals surface area contributed by atoms with Crippen molar-refractivity contribution >= 4 is 28.3 Å². The fourth-order valence-electron chi connectivity index (χ4n) is 4.07. The van der Waals surface area contributed by atoms with Gasteiger partial charge in [0.1, 0.15) is 24.1 Å². The maximum Gasteiger partial charge on any atom is 0.239 e. The zero-order valence-corrected chi connectivity index (χ0v) is 19.4. The van der Waals surface area contributed by atoms with E-state index in [1.54, 1.807) is 44.3 Å². The highest BCUT2D eigenvalue weighted by Gasteiger charge is 2.36. The Bertz CT molecular complexity index is 1190. The predicted octanol–water partition coefficient (Wildman–Crippen LogP) is 3.37. The number of nitrogens with one attached hydrogen (secondary N) is 1. The van der Waals surface area contributed by atoms with Gasteiger partial charge in [-0.2, -0.15) is 0 Å². The number of aryl methyl sites for hydroxylation is 1. The summed E-state index contributed by atoms with van der Waals surface area (Å²) in [5.41, 5.74) is 1.79. The second kappa shape index (κ2) is 9.19. The molecule has 8 nitrogen and oxygen atoms in total. The standard InChI is InChI=1S/C24H28FN5O3/c1-14-6-7-18(17(25)8-14)28-23-16-10-22(21(32-5)11-19(16)26-13-27-23)33-15-9-20(30(4)12-15)24(31)29(2)3/h6-8,10-11,13,15,20H,9,12H2,1-5H3,(H,26,27,28)/t15-,20+/m0/s1. The second-order valence-corrected chi connectivity index (χ2v) is 8.51. The zero-order valence-electron chi connectivity index (χ0n) is 19.4. The molecule has 1 aromatic heterocycles. The number of hydrogen-bond donors (Lipinski definition) is 1. The van der Waals surface area contributed by atoms with Crippen LogP contribution in [0, 0.1) is 12.7 Å². The largest absolute Gasteiger partial charge is 0.493 e. The molecule has 2 aromatic carbocycles. The average molecular weight is 454 g/mol. The number of anilines is 2. The van der Waals surface area contributed by atoms with E-state index in [0.717, 1.165) is 5.56 Å². The normalized spacial score (nSPS) is 18.4. The predicted molar refractivity (Wildman–Crippen MR) is 125 cm³/mol. The molecule has 0 spiro atoms. The van der Waals surface area contributed by atoms with Crippen LogP contribution >= 0.6 is 0 Å². The summed E-state index contributed by atoms with van der Waals surface area (Å²) in [6, 6.07) is 8.30. The van der Waals surface area contributed by atoms with Gasteiger partial charge in [0.05, 0.1) is 24.4 Å². The third kappa shape index (κ3) is 4.68. The van der Waals surface area contributed by atoms with Gasteiger partial charge >= 0.3 is 0 Å². The van der Waals surface area contributed by atoms with Crippen molar-refractivity contribution in [2.45, 2.75) is 25.5 Å². The maximum absolute atomic E-state index is 14.4. The molecule has 0 saturated carbocycles. The summed E-state index contributed by atoms with van der Waals surface area (Å²) < 4.78 is 26.2. The fraction of sp³-hybridized carbons (Fsp3) is 0.375. The van der Waals surface area contributed by atoms with Crippen LogP contribution in [0.2, 0.25) is 0 Å². The number of halogens is 1. The van der Waals surface area contributed by atoms with Crippen LogP contribution in [-0.4, -0.2) is 72.6 Å². The van der Waals surface area contributed by atoms with Crippen LogP contribution in [0.15, 0.2) is 36.7 Å². The van der Waals surface area contributed by atoms with Gasteiger partial charge in [0, 0.05) is 38.5 Å². The summed E-state index contributed by atoms with van der Waals surface area (Å²) >= 11 is 0. The van der Waals surface area contributed by atoms with Crippen LogP contribution in [-0.2, 0) is 4.79 Å². The number of nitrogens with zero attached hydrogens (tertiary/aromatic N) is 4. The van der Waals surface area contributed by atoms with Gasteiger partial charge in [-0.25, -0.2) is 14.4 Å². The van der Waals surface area contributed by atoms with Crippen molar-refractivity contribution in [1.82, 2.24) is 19.8 Å². The number of carbonyl (C=O) groups is 1. The molecule has 4 rings (SSSR count). The van der Waals surface area contributed by atoms with E-state index >= 15 is 0 Å². The van der Waals surface area contributed by atoms with E-state index in [1.165, 1.54) is 12.4 Å². The first-order valence-corrected chi connectivity index (χ1v) is 10.7. The highest BCUT2D eigenvalue weighted by Crippen LogP contribution is 2.36. The molecule has 0 radical (unpaired) electrons. The van der Waals surface area contributed by atoms with Crippen molar-refractivity contribution < 1.29 is 18.7 Å². The Kier molecular flexibility index (Phi) is 6.33.